The molecular formula is C14H31N3O. The number of nitrogens with zero attached hydrogens (tertiary/aromatic N) is 2. The third-order valence-electron chi connectivity index (χ3n) is 3.59. The lowest BCUT2D eigenvalue weighted by atomic mass is 10.1. The normalized spacial score (nSPS) is 22.7. The van der Waals surface area contributed by atoms with Crippen LogP contribution in [0.15, 0.2) is 0 Å². The van der Waals surface area contributed by atoms with Gasteiger partial charge in [-0.05, 0) is 40.4 Å². The van der Waals surface area contributed by atoms with Gasteiger partial charge in [0.15, 0.2) is 0 Å². The Hall–Kier alpha value is -0.160. The van der Waals surface area contributed by atoms with Crippen molar-refractivity contribution in [2.24, 2.45) is 0 Å². The predicted molar refractivity (Wildman–Crippen MR) is 77.1 cm³/mol. The van der Waals surface area contributed by atoms with Gasteiger partial charge in [0, 0.05) is 31.7 Å². The van der Waals surface area contributed by atoms with E-state index in [1.165, 1.54) is 19.4 Å². The molecule has 0 saturated carbocycles. The van der Waals surface area contributed by atoms with Crippen LogP contribution in [0.1, 0.15) is 26.7 Å². The fraction of sp³-hybridized carbons (Fsp3) is 1.00. The first-order valence-electron chi connectivity index (χ1n) is 7.33. The largest absolute Gasteiger partial charge is 0.379 e. The minimum absolute atomic E-state index is 0.535. The average Bonchev–Trinajstić information content (AvgIpc) is 2.35. The predicted octanol–water partition coefficient (Wildman–Crippen LogP) is 1.03. The number of likely N-dealkylation sites (N-methyl/N-ethyl adjacent to an activating group) is 1. The van der Waals surface area contributed by atoms with Gasteiger partial charge in [-0.1, -0.05) is 6.92 Å². The average molecular weight is 257 g/mol. The second-order valence-electron chi connectivity index (χ2n) is 5.65. The molecule has 0 aliphatic carbocycles. The molecule has 4 nitrogen and oxygen atoms in total. The molecule has 18 heavy (non-hydrogen) atoms. The van der Waals surface area contributed by atoms with Crippen LogP contribution in [0.3, 0.4) is 0 Å². The Bertz CT molecular complexity index is 205. The number of nitrogens with one attached hydrogen (secondary N) is 1. The number of hydrogen-bond donors (Lipinski definition) is 1. The maximum absolute atomic E-state index is 5.53. The first-order chi connectivity index (χ1) is 8.63. The summed E-state index contributed by atoms with van der Waals surface area (Å²) in [5.74, 6) is 0. The molecule has 0 aromatic heterocycles. The van der Waals surface area contributed by atoms with E-state index in [4.69, 9.17) is 4.74 Å². The Kier molecular flexibility index (Phi) is 7.82. The molecule has 2 atom stereocenters. The second-order valence-corrected chi connectivity index (χ2v) is 5.65. The fourth-order valence-electron chi connectivity index (χ4n) is 2.50. The fourth-order valence-corrected chi connectivity index (χ4v) is 2.50. The Morgan fingerprint density at radius 1 is 1.28 bits per heavy atom. The molecule has 1 heterocycles. The van der Waals surface area contributed by atoms with Gasteiger partial charge in [0.05, 0.1) is 13.2 Å². The zero-order chi connectivity index (χ0) is 13.4. The first kappa shape index (κ1) is 15.9. The molecular weight excluding hydrogens is 226 g/mol. The van der Waals surface area contributed by atoms with E-state index in [-0.39, 0.29) is 0 Å². The highest BCUT2D eigenvalue weighted by molar-refractivity contribution is 4.78. The third-order valence-corrected chi connectivity index (χ3v) is 3.59. The molecule has 0 amide bonds. The lowest BCUT2D eigenvalue weighted by Crippen LogP contribution is -2.47. The molecule has 1 aliphatic heterocycles. The smallest absolute Gasteiger partial charge is 0.0620 e. The minimum Gasteiger partial charge on any atom is -0.379 e. The van der Waals surface area contributed by atoms with Crippen LogP contribution < -0.4 is 5.32 Å². The van der Waals surface area contributed by atoms with Gasteiger partial charge in [-0.3, -0.25) is 4.90 Å². The topological polar surface area (TPSA) is 27.7 Å². The van der Waals surface area contributed by atoms with E-state index in [1.54, 1.807) is 0 Å². The quantitative estimate of drug-likeness (QED) is 0.703. The molecule has 0 aromatic rings. The van der Waals surface area contributed by atoms with Gasteiger partial charge in [-0.15, -0.1) is 0 Å². The lowest BCUT2D eigenvalue weighted by molar-refractivity contribution is 0.0610. The lowest BCUT2D eigenvalue weighted by Gasteiger charge is -2.33. The Morgan fingerprint density at radius 3 is 2.61 bits per heavy atom. The Morgan fingerprint density at radius 2 is 2.06 bits per heavy atom. The van der Waals surface area contributed by atoms with Crippen LogP contribution in [0.2, 0.25) is 0 Å². The summed E-state index contributed by atoms with van der Waals surface area (Å²) in [6, 6.07) is 1.16. The monoisotopic (exact) mass is 257 g/mol. The van der Waals surface area contributed by atoms with Gasteiger partial charge in [0.2, 0.25) is 0 Å². The molecule has 0 spiro atoms. The van der Waals surface area contributed by atoms with E-state index in [0.717, 1.165) is 32.8 Å². The zero-order valence-electron chi connectivity index (χ0n) is 12.6. The van der Waals surface area contributed by atoms with Crippen molar-refractivity contribution in [1.82, 2.24) is 15.1 Å². The standard InChI is InChI=1S/C14H31N3O/c1-5-7-17(9-8-16(3)4)13(2)11-14-12-18-10-6-15-14/h13-15H,5-12H2,1-4H3. The molecule has 0 radical (unpaired) electrons. The zero-order valence-corrected chi connectivity index (χ0v) is 12.6. The van der Waals surface area contributed by atoms with Crippen LogP contribution in [-0.4, -0.2) is 75.4 Å². The van der Waals surface area contributed by atoms with E-state index in [2.05, 4.69) is 43.1 Å². The van der Waals surface area contributed by atoms with Crippen molar-refractivity contribution in [1.29, 1.82) is 0 Å². The Labute approximate surface area is 113 Å². The molecule has 2 unspecified atom stereocenters. The van der Waals surface area contributed by atoms with Gasteiger partial charge < -0.3 is 15.0 Å². The molecule has 1 fully saturated rings. The van der Waals surface area contributed by atoms with Crippen molar-refractivity contribution in [2.75, 3.05) is 53.5 Å². The molecule has 1 rings (SSSR count). The van der Waals surface area contributed by atoms with Crippen LogP contribution in [0, 0.1) is 0 Å². The summed E-state index contributed by atoms with van der Waals surface area (Å²) in [6.07, 6.45) is 2.42. The molecule has 1 saturated heterocycles. The summed E-state index contributed by atoms with van der Waals surface area (Å²) in [5, 5.41) is 3.55. The highest BCUT2D eigenvalue weighted by Crippen LogP contribution is 2.10. The van der Waals surface area contributed by atoms with Gasteiger partial charge in [0.1, 0.15) is 0 Å². The van der Waals surface area contributed by atoms with Crippen molar-refractivity contribution in [3.05, 3.63) is 0 Å². The van der Waals surface area contributed by atoms with Gasteiger partial charge in [-0.25, -0.2) is 0 Å². The van der Waals surface area contributed by atoms with Crippen LogP contribution in [0.4, 0.5) is 0 Å². The number of hydrogen-bond acceptors (Lipinski definition) is 4. The summed E-state index contributed by atoms with van der Waals surface area (Å²) in [7, 11) is 4.29. The van der Waals surface area contributed by atoms with E-state index in [0.29, 0.717) is 12.1 Å². The van der Waals surface area contributed by atoms with Crippen LogP contribution in [-0.2, 0) is 4.74 Å². The number of ether oxygens (including phenoxy) is 1. The van der Waals surface area contributed by atoms with Crippen molar-refractivity contribution in [3.63, 3.8) is 0 Å². The van der Waals surface area contributed by atoms with Crippen LogP contribution >= 0.6 is 0 Å². The third kappa shape index (κ3) is 6.14. The highest BCUT2D eigenvalue weighted by atomic mass is 16.5. The Balaban J connectivity index is 2.34. The summed E-state index contributed by atoms with van der Waals surface area (Å²) < 4.78 is 5.53. The van der Waals surface area contributed by atoms with E-state index in [1.807, 2.05) is 0 Å². The van der Waals surface area contributed by atoms with Gasteiger partial charge in [-0.2, -0.15) is 0 Å². The molecule has 0 bridgehead atoms. The number of morpholine rings is 1. The van der Waals surface area contributed by atoms with E-state index >= 15 is 0 Å². The van der Waals surface area contributed by atoms with Gasteiger partial charge in [0.25, 0.3) is 0 Å². The van der Waals surface area contributed by atoms with Crippen LogP contribution in [0.5, 0.6) is 0 Å². The highest BCUT2D eigenvalue weighted by Gasteiger charge is 2.20. The summed E-state index contributed by atoms with van der Waals surface area (Å²) in [5.41, 5.74) is 0. The summed E-state index contributed by atoms with van der Waals surface area (Å²) >= 11 is 0. The SMILES string of the molecule is CCCN(CCN(C)C)C(C)CC1COCCN1. The summed E-state index contributed by atoms with van der Waals surface area (Å²) in [4.78, 5) is 4.87. The van der Waals surface area contributed by atoms with Crippen molar-refractivity contribution in [3.8, 4) is 0 Å². The maximum Gasteiger partial charge on any atom is 0.0620 e. The first-order valence-corrected chi connectivity index (χ1v) is 7.33. The van der Waals surface area contributed by atoms with Crippen molar-refractivity contribution < 1.29 is 4.74 Å². The molecule has 1 N–H and O–H groups in total. The second kappa shape index (κ2) is 8.86. The van der Waals surface area contributed by atoms with E-state index in [9.17, 15) is 0 Å². The van der Waals surface area contributed by atoms with Crippen molar-refractivity contribution >= 4 is 0 Å². The van der Waals surface area contributed by atoms with Crippen molar-refractivity contribution in [2.45, 2.75) is 38.8 Å². The molecule has 1 aliphatic rings. The van der Waals surface area contributed by atoms with Gasteiger partial charge >= 0.3 is 0 Å². The summed E-state index contributed by atoms with van der Waals surface area (Å²) in [6.45, 7) is 10.8. The van der Waals surface area contributed by atoms with E-state index < -0.39 is 0 Å². The molecule has 108 valence electrons. The number of rotatable bonds is 8. The molecule has 0 aromatic carbocycles. The maximum atomic E-state index is 5.53. The minimum atomic E-state index is 0.535. The molecule has 4 heteroatoms. The van der Waals surface area contributed by atoms with Crippen LogP contribution in [0.25, 0.3) is 0 Å².